The predicted molar refractivity (Wildman–Crippen MR) is 86.2 cm³/mol. The summed E-state index contributed by atoms with van der Waals surface area (Å²) < 4.78 is 0. The number of carbonyl (C=O) groups is 1. The van der Waals surface area contributed by atoms with Crippen molar-refractivity contribution in [1.29, 1.82) is 0 Å². The largest absolute Gasteiger partial charge is 0.343 e. The standard InChI is InChI=1S/C16H30N2O.ClH/c1-12(2)13(3)10-16(19)18-8-6-15(7-9-18)17-11-14-4-5-14;/h12-15,17H,4-11H2,1-3H3;1H. The number of hydrogen-bond acceptors (Lipinski definition) is 2. The van der Waals surface area contributed by atoms with E-state index in [2.05, 4.69) is 31.0 Å². The number of rotatable bonds is 6. The Morgan fingerprint density at radius 1 is 1.15 bits per heavy atom. The van der Waals surface area contributed by atoms with Crippen LogP contribution in [0.25, 0.3) is 0 Å². The van der Waals surface area contributed by atoms with Gasteiger partial charge >= 0.3 is 0 Å². The first kappa shape index (κ1) is 17.8. The monoisotopic (exact) mass is 302 g/mol. The van der Waals surface area contributed by atoms with Gasteiger partial charge in [-0.25, -0.2) is 0 Å². The van der Waals surface area contributed by atoms with Crippen LogP contribution < -0.4 is 5.32 Å². The van der Waals surface area contributed by atoms with Crippen molar-refractivity contribution < 1.29 is 4.79 Å². The second-order valence-electron chi connectivity index (χ2n) is 6.93. The highest BCUT2D eigenvalue weighted by atomic mass is 35.5. The van der Waals surface area contributed by atoms with Crippen molar-refractivity contribution in [2.45, 2.75) is 58.9 Å². The Labute approximate surface area is 130 Å². The van der Waals surface area contributed by atoms with Crippen LogP contribution in [-0.2, 0) is 4.79 Å². The molecule has 2 rings (SSSR count). The minimum atomic E-state index is 0. The van der Waals surface area contributed by atoms with Gasteiger partial charge in [0.1, 0.15) is 0 Å². The number of likely N-dealkylation sites (tertiary alicyclic amines) is 1. The Bertz CT molecular complexity index is 297. The molecule has 0 aromatic heterocycles. The second-order valence-corrected chi connectivity index (χ2v) is 6.93. The first-order chi connectivity index (χ1) is 9.06. The Kier molecular flexibility index (Phi) is 7.32. The molecule has 0 radical (unpaired) electrons. The van der Waals surface area contributed by atoms with Crippen molar-refractivity contribution in [3.63, 3.8) is 0 Å². The highest BCUT2D eigenvalue weighted by Crippen LogP contribution is 2.28. The van der Waals surface area contributed by atoms with Crippen molar-refractivity contribution in [2.75, 3.05) is 19.6 Å². The zero-order valence-electron chi connectivity index (χ0n) is 13.2. The third kappa shape index (κ3) is 5.61. The fourth-order valence-corrected chi connectivity index (χ4v) is 2.63. The first-order valence-electron chi connectivity index (χ1n) is 8.07. The Hall–Kier alpha value is -0.280. The summed E-state index contributed by atoms with van der Waals surface area (Å²) in [7, 11) is 0. The minimum Gasteiger partial charge on any atom is -0.343 e. The van der Waals surface area contributed by atoms with Gasteiger partial charge in [0, 0.05) is 25.6 Å². The molecule has 2 aliphatic rings. The van der Waals surface area contributed by atoms with Gasteiger partial charge in [-0.15, -0.1) is 12.4 Å². The maximum absolute atomic E-state index is 12.2. The molecule has 0 aromatic carbocycles. The lowest BCUT2D eigenvalue weighted by molar-refractivity contribution is -0.133. The Morgan fingerprint density at radius 2 is 1.75 bits per heavy atom. The molecule has 4 heteroatoms. The first-order valence-corrected chi connectivity index (χ1v) is 8.07. The van der Waals surface area contributed by atoms with Gasteiger partial charge < -0.3 is 10.2 Å². The molecule has 2 fully saturated rings. The van der Waals surface area contributed by atoms with Crippen LogP contribution in [0.5, 0.6) is 0 Å². The Balaban J connectivity index is 0.00000200. The van der Waals surface area contributed by atoms with E-state index >= 15 is 0 Å². The van der Waals surface area contributed by atoms with Crippen LogP contribution >= 0.6 is 12.4 Å². The van der Waals surface area contributed by atoms with Gasteiger partial charge in [0.25, 0.3) is 0 Å². The minimum absolute atomic E-state index is 0. The SMILES string of the molecule is CC(C)C(C)CC(=O)N1CCC(NCC2CC2)CC1.Cl. The lowest BCUT2D eigenvalue weighted by Crippen LogP contribution is -2.45. The van der Waals surface area contributed by atoms with E-state index in [1.165, 1.54) is 19.4 Å². The summed E-state index contributed by atoms with van der Waals surface area (Å²) in [6.45, 7) is 9.69. The van der Waals surface area contributed by atoms with Gasteiger partial charge in [-0.2, -0.15) is 0 Å². The zero-order chi connectivity index (χ0) is 13.8. The van der Waals surface area contributed by atoms with Crippen LogP contribution in [0.3, 0.4) is 0 Å². The predicted octanol–water partition coefficient (Wildman–Crippen LogP) is 3.08. The fourth-order valence-electron chi connectivity index (χ4n) is 2.63. The summed E-state index contributed by atoms with van der Waals surface area (Å²) in [6, 6.07) is 0.646. The highest BCUT2D eigenvalue weighted by molar-refractivity contribution is 5.85. The van der Waals surface area contributed by atoms with Crippen molar-refractivity contribution in [2.24, 2.45) is 17.8 Å². The number of nitrogens with zero attached hydrogens (tertiary/aromatic N) is 1. The number of piperidine rings is 1. The molecule has 1 aliphatic carbocycles. The summed E-state index contributed by atoms with van der Waals surface area (Å²) in [5.41, 5.74) is 0. The van der Waals surface area contributed by atoms with E-state index in [0.29, 0.717) is 23.8 Å². The molecule has 1 aliphatic heterocycles. The summed E-state index contributed by atoms with van der Waals surface area (Å²) in [5.74, 6) is 2.41. The van der Waals surface area contributed by atoms with Crippen molar-refractivity contribution in [3.05, 3.63) is 0 Å². The van der Waals surface area contributed by atoms with Crippen LogP contribution in [0.4, 0.5) is 0 Å². The molecule has 1 unspecified atom stereocenters. The number of amides is 1. The maximum atomic E-state index is 12.2. The van der Waals surface area contributed by atoms with E-state index < -0.39 is 0 Å². The van der Waals surface area contributed by atoms with Gasteiger partial charge in [0.05, 0.1) is 0 Å². The van der Waals surface area contributed by atoms with Crippen molar-refractivity contribution >= 4 is 18.3 Å². The van der Waals surface area contributed by atoms with Crippen LogP contribution in [0.15, 0.2) is 0 Å². The summed E-state index contributed by atoms with van der Waals surface area (Å²) >= 11 is 0. The van der Waals surface area contributed by atoms with Crippen molar-refractivity contribution in [3.8, 4) is 0 Å². The topological polar surface area (TPSA) is 32.3 Å². The molecule has 118 valence electrons. The summed E-state index contributed by atoms with van der Waals surface area (Å²) in [6.07, 6.45) is 5.82. The molecule has 1 saturated carbocycles. The Morgan fingerprint density at radius 3 is 2.25 bits per heavy atom. The summed E-state index contributed by atoms with van der Waals surface area (Å²) in [4.78, 5) is 14.3. The van der Waals surface area contributed by atoms with Crippen LogP contribution in [0.1, 0.15) is 52.9 Å². The third-order valence-corrected chi connectivity index (χ3v) is 4.87. The number of halogens is 1. The smallest absolute Gasteiger partial charge is 0.222 e. The van der Waals surface area contributed by atoms with Gasteiger partial charge in [-0.05, 0) is 50.0 Å². The number of hydrogen-bond donors (Lipinski definition) is 1. The van der Waals surface area contributed by atoms with Gasteiger partial charge in [0.15, 0.2) is 0 Å². The molecule has 3 nitrogen and oxygen atoms in total. The summed E-state index contributed by atoms with van der Waals surface area (Å²) in [5, 5.41) is 3.66. The normalized spacial score (nSPS) is 21.7. The molecule has 1 N–H and O–H groups in total. The third-order valence-electron chi connectivity index (χ3n) is 4.87. The van der Waals surface area contributed by atoms with Gasteiger partial charge in [-0.3, -0.25) is 4.79 Å². The zero-order valence-corrected chi connectivity index (χ0v) is 14.0. The second kappa shape index (κ2) is 8.23. The van der Waals surface area contributed by atoms with Crippen LogP contribution in [-0.4, -0.2) is 36.5 Å². The van der Waals surface area contributed by atoms with Crippen LogP contribution in [0, 0.1) is 17.8 Å². The van der Waals surface area contributed by atoms with E-state index in [1.54, 1.807) is 0 Å². The highest BCUT2D eigenvalue weighted by Gasteiger charge is 2.26. The van der Waals surface area contributed by atoms with E-state index in [-0.39, 0.29) is 12.4 Å². The lowest BCUT2D eigenvalue weighted by atomic mass is 9.93. The lowest BCUT2D eigenvalue weighted by Gasteiger charge is -2.33. The van der Waals surface area contributed by atoms with Crippen molar-refractivity contribution in [1.82, 2.24) is 10.2 Å². The molecule has 1 saturated heterocycles. The van der Waals surface area contributed by atoms with E-state index in [9.17, 15) is 4.79 Å². The van der Waals surface area contributed by atoms with E-state index in [0.717, 1.165) is 38.3 Å². The molecule has 1 amide bonds. The molecule has 1 heterocycles. The average molecular weight is 303 g/mol. The van der Waals surface area contributed by atoms with E-state index in [4.69, 9.17) is 0 Å². The average Bonchev–Trinajstić information content (AvgIpc) is 3.20. The molecular formula is C16H31ClN2O. The molecule has 0 bridgehead atoms. The number of carbonyl (C=O) groups excluding carboxylic acids is 1. The molecule has 20 heavy (non-hydrogen) atoms. The molecule has 1 atom stereocenters. The number of nitrogens with one attached hydrogen (secondary N) is 1. The van der Waals surface area contributed by atoms with Crippen LogP contribution in [0.2, 0.25) is 0 Å². The molecule has 0 aromatic rings. The quantitative estimate of drug-likeness (QED) is 0.818. The molecule has 0 spiro atoms. The van der Waals surface area contributed by atoms with Gasteiger partial charge in [-0.1, -0.05) is 20.8 Å². The fraction of sp³-hybridized carbons (Fsp3) is 0.938. The molecular weight excluding hydrogens is 272 g/mol. The van der Waals surface area contributed by atoms with E-state index in [1.807, 2.05) is 0 Å². The van der Waals surface area contributed by atoms with Gasteiger partial charge in [0.2, 0.25) is 5.91 Å². The maximum Gasteiger partial charge on any atom is 0.222 e.